The van der Waals surface area contributed by atoms with E-state index in [4.69, 9.17) is 9.40 Å². The second kappa shape index (κ2) is 12.7. The smallest absolute Gasteiger partial charge is 0.136 e. The van der Waals surface area contributed by atoms with E-state index in [1.54, 1.807) is 0 Å². The van der Waals surface area contributed by atoms with Crippen molar-refractivity contribution < 1.29 is 4.42 Å². The van der Waals surface area contributed by atoms with Crippen LogP contribution in [0.1, 0.15) is 17.7 Å². The van der Waals surface area contributed by atoms with Crippen molar-refractivity contribution in [3.63, 3.8) is 0 Å². The molecule has 0 saturated carbocycles. The average Bonchev–Trinajstić information content (AvgIpc) is 3.76. The maximum Gasteiger partial charge on any atom is 0.136 e. The first-order chi connectivity index (χ1) is 26.2. The number of pyridine rings is 1. The van der Waals surface area contributed by atoms with E-state index in [2.05, 4.69) is 181 Å². The molecule has 0 aliphatic heterocycles. The molecule has 0 radical (unpaired) electrons. The topological polar surface area (TPSA) is 31.0 Å². The molecule has 0 amide bonds. The molecule has 3 aromatic heterocycles. The summed E-state index contributed by atoms with van der Waals surface area (Å²) in [5, 5.41) is 5.89. The van der Waals surface area contributed by atoms with Crippen LogP contribution in [0.5, 0.6) is 0 Å². The Balaban J connectivity index is 1.13. The maximum atomic E-state index is 6.27. The predicted molar refractivity (Wildman–Crippen MR) is 223 cm³/mol. The van der Waals surface area contributed by atoms with Crippen LogP contribution in [0.3, 0.4) is 0 Å². The molecule has 0 bridgehead atoms. The van der Waals surface area contributed by atoms with Gasteiger partial charge in [0, 0.05) is 38.5 Å². The molecule has 0 N–H and O–H groups in total. The van der Waals surface area contributed by atoms with Crippen molar-refractivity contribution in [2.24, 2.45) is 0 Å². The minimum atomic E-state index is 0.854. The van der Waals surface area contributed by atoms with Crippen LogP contribution >= 0.6 is 0 Å². The second-order valence-electron chi connectivity index (χ2n) is 13.6. The molecule has 0 saturated heterocycles. The van der Waals surface area contributed by atoms with Crippen LogP contribution in [0, 0.1) is 0 Å². The van der Waals surface area contributed by atoms with Gasteiger partial charge >= 0.3 is 0 Å². The van der Waals surface area contributed by atoms with Crippen LogP contribution in [0.4, 0.5) is 0 Å². The van der Waals surface area contributed by atoms with Gasteiger partial charge in [-0.05, 0) is 88.5 Å². The van der Waals surface area contributed by atoms with E-state index in [9.17, 15) is 0 Å². The SMILES string of the molecule is C=C1/C=C\C=C/C/C=C\c2c1c1c3ccccc3ccc1n2-c1ccc(-c2cc(-c3ccccc3)cc(-c3ccc4c(c3)oc3ccccc34)n2)cc1. The first-order valence-corrected chi connectivity index (χ1v) is 18.0. The van der Waals surface area contributed by atoms with Crippen molar-refractivity contribution in [2.45, 2.75) is 6.42 Å². The lowest BCUT2D eigenvalue weighted by Gasteiger charge is -2.13. The Morgan fingerprint density at radius 2 is 1.28 bits per heavy atom. The number of fused-ring (bicyclic) bond motifs is 8. The van der Waals surface area contributed by atoms with Crippen molar-refractivity contribution in [3.05, 3.63) is 194 Å². The number of rotatable bonds is 4. The van der Waals surface area contributed by atoms with Crippen molar-refractivity contribution in [2.75, 3.05) is 0 Å². The summed E-state index contributed by atoms with van der Waals surface area (Å²) in [4.78, 5) is 5.27. The summed E-state index contributed by atoms with van der Waals surface area (Å²) in [5.74, 6) is 0. The normalized spacial score (nSPS) is 14.8. The Morgan fingerprint density at radius 1 is 0.547 bits per heavy atom. The monoisotopic (exact) mass is 678 g/mol. The fourth-order valence-electron chi connectivity index (χ4n) is 7.80. The first kappa shape index (κ1) is 30.8. The number of hydrogen-bond donors (Lipinski definition) is 0. The van der Waals surface area contributed by atoms with E-state index in [0.29, 0.717) is 0 Å². The van der Waals surface area contributed by atoms with Gasteiger partial charge in [-0.1, -0.05) is 134 Å². The Bertz CT molecular complexity index is 2970. The number of benzene rings is 6. The zero-order valence-corrected chi connectivity index (χ0v) is 29.0. The molecule has 1 aliphatic rings. The van der Waals surface area contributed by atoms with Gasteiger partial charge < -0.3 is 8.98 Å². The van der Waals surface area contributed by atoms with Crippen molar-refractivity contribution in [1.82, 2.24) is 9.55 Å². The lowest BCUT2D eigenvalue weighted by Crippen LogP contribution is -1.98. The number of aromatic nitrogens is 2. The summed E-state index contributed by atoms with van der Waals surface area (Å²) in [6.45, 7) is 4.56. The number of para-hydroxylation sites is 1. The highest BCUT2D eigenvalue weighted by atomic mass is 16.3. The van der Waals surface area contributed by atoms with Gasteiger partial charge in [0.15, 0.2) is 0 Å². The lowest BCUT2D eigenvalue weighted by atomic mass is 9.97. The highest BCUT2D eigenvalue weighted by Gasteiger charge is 2.21. The van der Waals surface area contributed by atoms with Crippen LogP contribution in [0.15, 0.2) is 187 Å². The van der Waals surface area contributed by atoms with Crippen molar-refractivity contribution >= 4 is 55.3 Å². The molecule has 10 rings (SSSR count). The molecule has 0 spiro atoms. The summed E-state index contributed by atoms with van der Waals surface area (Å²) < 4.78 is 8.65. The van der Waals surface area contributed by atoms with Gasteiger partial charge in [-0.25, -0.2) is 4.98 Å². The molecule has 0 atom stereocenters. The molecule has 250 valence electrons. The van der Waals surface area contributed by atoms with E-state index in [1.165, 1.54) is 16.2 Å². The van der Waals surface area contributed by atoms with Crippen LogP contribution in [0.25, 0.3) is 94.6 Å². The second-order valence-corrected chi connectivity index (χ2v) is 13.6. The third-order valence-electron chi connectivity index (χ3n) is 10.3. The van der Waals surface area contributed by atoms with Gasteiger partial charge in [-0.15, -0.1) is 0 Å². The maximum absolute atomic E-state index is 6.27. The quantitative estimate of drug-likeness (QED) is 0.185. The van der Waals surface area contributed by atoms with Crippen LogP contribution < -0.4 is 0 Å². The molecule has 53 heavy (non-hydrogen) atoms. The summed E-state index contributed by atoms with van der Waals surface area (Å²) in [7, 11) is 0. The molecule has 0 fully saturated rings. The summed E-state index contributed by atoms with van der Waals surface area (Å²) >= 11 is 0. The standard InChI is InChI=1S/C50H34N2O/c1-33-14-6-3-2-4-9-20-45-49(33)50-40-18-11-10-17-35(40)25-29-46(50)52(45)39-26-22-36(23-27-39)43-30-38(34-15-7-5-8-16-34)31-44(51-43)37-24-28-42-41-19-12-13-21-47(41)53-48(42)32-37/h2-3,5-32H,1,4H2/b3-2-,14-6-,20-9-. The molecular weight excluding hydrogens is 645 g/mol. The molecule has 1 aliphatic carbocycles. The summed E-state index contributed by atoms with van der Waals surface area (Å²) in [6, 6.07) is 51.4. The third kappa shape index (κ3) is 5.33. The Labute approximate surface area is 307 Å². The van der Waals surface area contributed by atoms with Gasteiger partial charge in [-0.2, -0.15) is 0 Å². The molecule has 3 nitrogen and oxygen atoms in total. The van der Waals surface area contributed by atoms with E-state index in [0.717, 1.165) is 90.0 Å². The van der Waals surface area contributed by atoms with Crippen molar-refractivity contribution in [1.29, 1.82) is 0 Å². The molecule has 3 heterocycles. The zero-order chi connectivity index (χ0) is 35.3. The zero-order valence-electron chi connectivity index (χ0n) is 29.0. The fourth-order valence-corrected chi connectivity index (χ4v) is 7.80. The number of nitrogens with zero attached hydrogens (tertiary/aromatic N) is 2. The highest BCUT2D eigenvalue weighted by Crippen LogP contribution is 2.40. The average molecular weight is 679 g/mol. The number of furan rings is 1. The van der Waals surface area contributed by atoms with Crippen LogP contribution in [-0.2, 0) is 0 Å². The molecule has 3 heteroatoms. The van der Waals surface area contributed by atoms with Crippen molar-refractivity contribution in [3.8, 4) is 39.3 Å². The van der Waals surface area contributed by atoms with E-state index < -0.39 is 0 Å². The van der Waals surface area contributed by atoms with E-state index >= 15 is 0 Å². The minimum Gasteiger partial charge on any atom is -0.456 e. The fraction of sp³-hybridized carbons (Fsp3) is 0.0200. The van der Waals surface area contributed by atoms with E-state index in [1.807, 2.05) is 12.1 Å². The van der Waals surface area contributed by atoms with Gasteiger partial charge in [-0.3, -0.25) is 0 Å². The first-order valence-electron chi connectivity index (χ1n) is 18.0. The van der Waals surface area contributed by atoms with Crippen LogP contribution in [-0.4, -0.2) is 9.55 Å². The summed E-state index contributed by atoms with van der Waals surface area (Å²) in [6.07, 6.45) is 13.8. The summed E-state index contributed by atoms with van der Waals surface area (Å²) in [5.41, 5.74) is 13.4. The Kier molecular flexibility index (Phi) is 7.36. The lowest BCUT2D eigenvalue weighted by molar-refractivity contribution is 0.669. The Morgan fingerprint density at radius 3 is 2.15 bits per heavy atom. The molecule has 0 unspecified atom stereocenters. The Hall–Kier alpha value is -6.97. The van der Waals surface area contributed by atoms with Crippen LogP contribution in [0.2, 0.25) is 0 Å². The highest BCUT2D eigenvalue weighted by molar-refractivity contribution is 6.15. The van der Waals surface area contributed by atoms with Gasteiger partial charge in [0.05, 0.1) is 22.6 Å². The van der Waals surface area contributed by atoms with Gasteiger partial charge in [0.1, 0.15) is 11.2 Å². The number of allylic oxidation sites excluding steroid dienone is 6. The predicted octanol–water partition coefficient (Wildman–Crippen LogP) is 13.6. The minimum absolute atomic E-state index is 0.854. The van der Waals surface area contributed by atoms with Gasteiger partial charge in [0.2, 0.25) is 0 Å². The molecule has 9 aromatic rings. The largest absolute Gasteiger partial charge is 0.456 e. The van der Waals surface area contributed by atoms with E-state index in [-0.39, 0.29) is 0 Å². The molecule has 6 aromatic carbocycles. The third-order valence-corrected chi connectivity index (χ3v) is 10.3. The molecular formula is C50H34N2O. The number of hydrogen-bond acceptors (Lipinski definition) is 2. The van der Waals surface area contributed by atoms with Gasteiger partial charge in [0.25, 0.3) is 0 Å².